The van der Waals surface area contributed by atoms with Gasteiger partial charge >= 0.3 is 5.97 Å². The normalized spacial score (nSPS) is 27.6. The molecule has 1 rings (SSSR count). The predicted octanol–water partition coefficient (Wildman–Crippen LogP) is 3.38. The number of aliphatic hydroxyl groups is 3. The van der Waals surface area contributed by atoms with Gasteiger partial charge in [0, 0.05) is 18.8 Å². The highest BCUT2D eigenvalue weighted by atomic mass is 16.4. The van der Waals surface area contributed by atoms with Crippen LogP contribution < -0.4 is 0 Å². The Bertz CT molecular complexity index is 535. The van der Waals surface area contributed by atoms with Crippen LogP contribution in [0.4, 0.5) is 0 Å². The van der Waals surface area contributed by atoms with Gasteiger partial charge in [-0.05, 0) is 38.0 Å². The third kappa shape index (κ3) is 9.70. The summed E-state index contributed by atoms with van der Waals surface area (Å²) in [7, 11) is 0. The molecule has 27 heavy (non-hydrogen) atoms. The van der Waals surface area contributed by atoms with Gasteiger partial charge in [0.2, 0.25) is 0 Å². The summed E-state index contributed by atoms with van der Waals surface area (Å²) in [6.45, 7) is 2.11. The van der Waals surface area contributed by atoms with Crippen LogP contribution in [0.5, 0.6) is 0 Å². The Morgan fingerprint density at radius 2 is 1.67 bits per heavy atom. The monoisotopic (exact) mass is 378 g/mol. The van der Waals surface area contributed by atoms with Crippen molar-refractivity contribution in [2.24, 2.45) is 11.8 Å². The third-order valence-electron chi connectivity index (χ3n) is 4.82. The highest BCUT2D eigenvalue weighted by molar-refractivity contribution is 5.66. The summed E-state index contributed by atoms with van der Waals surface area (Å²) in [6, 6.07) is 0. The fraction of sp³-hybridized carbons (Fsp3) is 0.591. The second-order valence-electron chi connectivity index (χ2n) is 7.03. The minimum Gasteiger partial charge on any atom is -0.481 e. The molecule has 0 aromatic heterocycles. The Hall–Kier alpha value is -1.69. The quantitative estimate of drug-likeness (QED) is 0.390. The molecule has 1 aliphatic rings. The Labute approximate surface area is 162 Å². The van der Waals surface area contributed by atoms with E-state index in [1.54, 1.807) is 12.2 Å². The first kappa shape index (κ1) is 23.3. The van der Waals surface area contributed by atoms with Gasteiger partial charge in [-0.1, -0.05) is 55.5 Å². The van der Waals surface area contributed by atoms with Crippen LogP contribution in [-0.2, 0) is 4.79 Å². The second-order valence-corrected chi connectivity index (χ2v) is 7.03. The van der Waals surface area contributed by atoms with Crippen molar-refractivity contribution < 1.29 is 25.2 Å². The number of hydrogen-bond acceptors (Lipinski definition) is 4. The molecule has 1 saturated carbocycles. The summed E-state index contributed by atoms with van der Waals surface area (Å²) >= 11 is 0. The summed E-state index contributed by atoms with van der Waals surface area (Å²) in [5, 5.41) is 39.0. The van der Waals surface area contributed by atoms with Crippen LogP contribution in [0.3, 0.4) is 0 Å². The van der Waals surface area contributed by atoms with Crippen molar-refractivity contribution in [3.05, 3.63) is 48.6 Å². The average molecular weight is 379 g/mol. The van der Waals surface area contributed by atoms with Crippen molar-refractivity contribution in [2.45, 2.75) is 70.2 Å². The smallest absolute Gasteiger partial charge is 0.303 e. The molecule has 0 aliphatic heterocycles. The highest BCUT2D eigenvalue weighted by Gasteiger charge is 2.40. The van der Waals surface area contributed by atoms with Crippen molar-refractivity contribution in [2.75, 3.05) is 0 Å². The number of aliphatic hydroxyl groups excluding tert-OH is 3. The van der Waals surface area contributed by atoms with E-state index in [0.717, 1.165) is 19.3 Å². The van der Waals surface area contributed by atoms with Crippen LogP contribution in [0.2, 0.25) is 0 Å². The molecule has 0 radical (unpaired) electrons. The van der Waals surface area contributed by atoms with Gasteiger partial charge in [0.25, 0.3) is 0 Å². The van der Waals surface area contributed by atoms with Crippen LogP contribution in [-0.4, -0.2) is 44.7 Å². The molecule has 0 unspecified atom stereocenters. The maximum atomic E-state index is 10.8. The molecule has 5 heteroatoms. The van der Waals surface area contributed by atoms with E-state index in [4.69, 9.17) is 5.11 Å². The first-order valence-electron chi connectivity index (χ1n) is 9.85. The van der Waals surface area contributed by atoms with E-state index in [0.29, 0.717) is 12.8 Å². The zero-order chi connectivity index (χ0) is 20.1. The molecule has 5 nitrogen and oxygen atoms in total. The van der Waals surface area contributed by atoms with Crippen LogP contribution >= 0.6 is 0 Å². The zero-order valence-corrected chi connectivity index (χ0v) is 16.2. The number of hydrogen-bond donors (Lipinski definition) is 4. The van der Waals surface area contributed by atoms with Gasteiger partial charge in [-0.3, -0.25) is 4.79 Å². The van der Waals surface area contributed by atoms with E-state index in [1.807, 2.05) is 12.2 Å². The van der Waals surface area contributed by atoms with Crippen molar-refractivity contribution in [1.82, 2.24) is 0 Å². The molecule has 0 bridgehead atoms. The molecular weight excluding hydrogens is 344 g/mol. The summed E-state index contributed by atoms with van der Waals surface area (Å²) in [4.78, 5) is 10.8. The van der Waals surface area contributed by atoms with E-state index in [9.17, 15) is 20.1 Å². The molecule has 1 fully saturated rings. The molecule has 0 amide bonds. The number of carboxylic acids is 1. The number of carboxylic acid groups (broad SMARTS) is 1. The topological polar surface area (TPSA) is 98.0 Å². The fourth-order valence-electron chi connectivity index (χ4n) is 3.35. The van der Waals surface area contributed by atoms with Crippen molar-refractivity contribution in [3.8, 4) is 0 Å². The standard InChI is InChI=1S/C22H34O5/c1-2-3-4-5-6-7-8-9-10-11-17(23)12-13-18-19(14-15-22(26)27)21(25)16-20(18)24/h3-4,6-7,9-10,12-13,17-21,23-25H,2,5,8,11,14-16H2,1H3,(H,26,27)/b4-3-,7-6+,10-9-,13-12+/t17-,18-,19-,20+,21-/m1/s1. The lowest BCUT2D eigenvalue weighted by atomic mass is 9.88. The summed E-state index contributed by atoms with van der Waals surface area (Å²) < 4.78 is 0. The van der Waals surface area contributed by atoms with Gasteiger partial charge in [0.1, 0.15) is 0 Å². The van der Waals surface area contributed by atoms with Crippen molar-refractivity contribution in [1.29, 1.82) is 0 Å². The van der Waals surface area contributed by atoms with E-state index in [-0.39, 0.29) is 24.7 Å². The lowest BCUT2D eigenvalue weighted by Gasteiger charge is -2.20. The number of rotatable bonds is 12. The Morgan fingerprint density at radius 3 is 2.30 bits per heavy atom. The molecule has 0 heterocycles. The first-order chi connectivity index (χ1) is 13.0. The predicted molar refractivity (Wildman–Crippen MR) is 107 cm³/mol. The molecule has 0 aromatic rings. The van der Waals surface area contributed by atoms with Crippen molar-refractivity contribution >= 4 is 5.97 Å². The molecule has 5 atom stereocenters. The lowest BCUT2D eigenvalue weighted by molar-refractivity contribution is -0.137. The minimum absolute atomic E-state index is 0.0359. The fourth-order valence-corrected chi connectivity index (χ4v) is 3.35. The Balaban J connectivity index is 2.39. The molecule has 152 valence electrons. The zero-order valence-electron chi connectivity index (χ0n) is 16.2. The molecule has 0 saturated heterocycles. The highest BCUT2D eigenvalue weighted by Crippen LogP contribution is 2.36. The van der Waals surface area contributed by atoms with E-state index in [2.05, 4.69) is 31.2 Å². The molecular formula is C22H34O5. The SMILES string of the molecule is CC/C=C\C/C=C/C/C=C\C[C@@H](O)/C=C/[C@@H]1[C@@H](CCC(=O)O)[C@H](O)C[C@@H]1O. The third-order valence-corrected chi connectivity index (χ3v) is 4.82. The summed E-state index contributed by atoms with van der Waals surface area (Å²) in [6.07, 6.45) is 17.5. The minimum atomic E-state index is -0.910. The van der Waals surface area contributed by atoms with Gasteiger partial charge in [-0.15, -0.1) is 0 Å². The van der Waals surface area contributed by atoms with Gasteiger partial charge in [0.15, 0.2) is 0 Å². The van der Waals surface area contributed by atoms with Gasteiger partial charge in [0.05, 0.1) is 18.3 Å². The van der Waals surface area contributed by atoms with Gasteiger partial charge in [-0.25, -0.2) is 0 Å². The largest absolute Gasteiger partial charge is 0.481 e. The molecule has 4 N–H and O–H groups in total. The van der Waals surface area contributed by atoms with Crippen molar-refractivity contribution in [3.63, 3.8) is 0 Å². The molecule has 0 aromatic carbocycles. The summed E-state index contributed by atoms with van der Waals surface area (Å²) in [5.41, 5.74) is 0. The van der Waals surface area contributed by atoms with E-state index in [1.165, 1.54) is 0 Å². The number of carbonyl (C=O) groups is 1. The summed E-state index contributed by atoms with van der Waals surface area (Å²) in [5.74, 6) is -1.52. The molecule has 1 aliphatic carbocycles. The van der Waals surface area contributed by atoms with E-state index >= 15 is 0 Å². The maximum Gasteiger partial charge on any atom is 0.303 e. The first-order valence-corrected chi connectivity index (χ1v) is 9.85. The number of aliphatic carboxylic acids is 1. The second kappa shape index (κ2) is 13.5. The van der Waals surface area contributed by atoms with Crippen LogP contribution in [0.15, 0.2) is 48.6 Å². The van der Waals surface area contributed by atoms with E-state index < -0.39 is 24.3 Å². The van der Waals surface area contributed by atoms with Gasteiger partial charge in [-0.2, -0.15) is 0 Å². The number of allylic oxidation sites excluding steroid dienone is 5. The molecule has 0 spiro atoms. The lowest BCUT2D eigenvalue weighted by Crippen LogP contribution is -2.22. The average Bonchev–Trinajstić information content (AvgIpc) is 2.89. The van der Waals surface area contributed by atoms with Crippen LogP contribution in [0.25, 0.3) is 0 Å². The maximum absolute atomic E-state index is 10.8. The van der Waals surface area contributed by atoms with Gasteiger partial charge < -0.3 is 20.4 Å². The Kier molecular flexibility index (Phi) is 11.7. The van der Waals surface area contributed by atoms with Crippen LogP contribution in [0, 0.1) is 11.8 Å². The van der Waals surface area contributed by atoms with Crippen LogP contribution in [0.1, 0.15) is 51.9 Å². The Morgan fingerprint density at radius 1 is 1.04 bits per heavy atom.